The minimum absolute atomic E-state index is 0.266. The van der Waals surface area contributed by atoms with Crippen LogP contribution in [-0.2, 0) is 19.7 Å². The molecule has 2 aromatic carbocycles. The van der Waals surface area contributed by atoms with Crippen LogP contribution in [0.15, 0.2) is 42.5 Å². The van der Waals surface area contributed by atoms with Gasteiger partial charge in [-0.3, -0.25) is 0 Å². The zero-order valence-corrected chi connectivity index (χ0v) is 11.0. The summed E-state index contributed by atoms with van der Waals surface area (Å²) < 4.78 is 13.2. The van der Waals surface area contributed by atoms with Crippen molar-refractivity contribution in [1.82, 2.24) is 5.32 Å². The molecule has 0 aliphatic heterocycles. The molecule has 0 aliphatic carbocycles. The van der Waals surface area contributed by atoms with Crippen LogP contribution in [0, 0.1) is 12.7 Å². The van der Waals surface area contributed by atoms with Crippen LogP contribution in [0.25, 0.3) is 0 Å². The van der Waals surface area contributed by atoms with E-state index in [0.29, 0.717) is 12.1 Å². The molecule has 0 heterocycles. The van der Waals surface area contributed by atoms with Crippen molar-refractivity contribution in [3.05, 3.63) is 70.5 Å². The van der Waals surface area contributed by atoms with Gasteiger partial charge in [-0.1, -0.05) is 30.3 Å². The first-order valence-electron chi connectivity index (χ1n) is 6.34. The molecule has 19 heavy (non-hydrogen) atoms. The minimum atomic E-state index is -0.356. The van der Waals surface area contributed by atoms with Gasteiger partial charge in [0.05, 0.1) is 6.61 Å². The van der Waals surface area contributed by atoms with Crippen molar-refractivity contribution in [2.75, 3.05) is 0 Å². The number of hydrogen-bond donors (Lipinski definition) is 2. The summed E-state index contributed by atoms with van der Waals surface area (Å²) in [5.74, 6) is -0.356. The maximum absolute atomic E-state index is 13.2. The van der Waals surface area contributed by atoms with E-state index < -0.39 is 0 Å². The fourth-order valence-electron chi connectivity index (χ4n) is 2.01. The third-order valence-electron chi connectivity index (χ3n) is 3.19. The van der Waals surface area contributed by atoms with Crippen LogP contribution in [0.3, 0.4) is 0 Å². The Labute approximate surface area is 112 Å². The lowest BCUT2D eigenvalue weighted by Crippen LogP contribution is -2.13. The van der Waals surface area contributed by atoms with E-state index in [-0.39, 0.29) is 12.4 Å². The SMILES string of the molecule is Cc1ccccc1CNCc1ccc(F)c(CO)c1. The van der Waals surface area contributed by atoms with Gasteiger partial charge in [0.25, 0.3) is 0 Å². The summed E-state index contributed by atoms with van der Waals surface area (Å²) in [6.07, 6.45) is 0. The molecule has 0 saturated heterocycles. The van der Waals surface area contributed by atoms with Gasteiger partial charge >= 0.3 is 0 Å². The maximum Gasteiger partial charge on any atom is 0.128 e. The number of rotatable bonds is 5. The summed E-state index contributed by atoms with van der Waals surface area (Å²) in [5.41, 5.74) is 3.83. The maximum atomic E-state index is 13.2. The molecule has 2 nitrogen and oxygen atoms in total. The van der Waals surface area contributed by atoms with E-state index in [1.807, 2.05) is 12.1 Å². The van der Waals surface area contributed by atoms with Gasteiger partial charge in [-0.05, 0) is 35.7 Å². The molecule has 0 amide bonds. The molecule has 2 aromatic rings. The molecule has 100 valence electrons. The third-order valence-corrected chi connectivity index (χ3v) is 3.19. The summed E-state index contributed by atoms with van der Waals surface area (Å²) in [6, 6.07) is 13.0. The Morgan fingerprint density at radius 3 is 2.58 bits per heavy atom. The number of aliphatic hydroxyl groups is 1. The van der Waals surface area contributed by atoms with E-state index in [1.54, 1.807) is 12.1 Å². The van der Waals surface area contributed by atoms with E-state index in [0.717, 1.165) is 12.1 Å². The quantitative estimate of drug-likeness (QED) is 0.865. The summed E-state index contributed by atoms with van der Waals surface area (Å²) >= 11 is 0. The van der Waals surface area contributed by atoms with Crippen molar-refractivity contribution >= 4 is 0 Å². The summed E-state index contributed by atoms with van der Waals surface area (Å²) in [7, 11) is 0. The molecule has 0 bridgehead atoms. The Morgan fingerprint density at radius 1 is 1.05 bits per heavy atom. The second kappa shape index (κ2) is 6.45. The Hall–Kier alpha value is -1.71. The highest BCUT2D eigenvalue weighted by Gasteiger charge is 2.02. The van der Waals surface area contributed by atoms with E-state index in [1.165, 1.54) is 17.2 Å². The zero-order valence-electron chi connectivity index (χ0n) is 11.0. The topological polar surface area (TPSA) is 32.3 Å². The van der Waals surface area contributed by atoms with Gasteiger partial charge in [0.15, 0.2) is 0 Å². The minimum Gasteiger partial charge on any atom is -0.392 e. The van der Waals surface area contributed by atoms with Gasteiger partial charge in [0.2, 0.25) is 0 Å². The molecule has 0 unspecified atom stereocenters. The molecule has 0 spiro atoms. The predicted octanol–water partition coefficient (Wildman–Crippen LogP) is 2.92. The van der Waals surface area contributed by atoms with Crippen molar-refractivity contribution < 1.29 is 9.50 Å². The van der Waals surface area contributed by atoms with Gasteiger partial charge in [-0.25, -0.2) is 4.39 Å². The fourth-order valence-corrected chi connectivity index (χ4v) is 2.01. The van der Waals surface area contributed by atoms with E-state index in [4.69, 9.17) is 5.11 Å². The lowest BCUT2D eigenvalue weighted by atomic mass is 10.1. The third kappa shape index (κ3) is 3.63. The van der Waals surface area contributed by atoms with Crippen molar-refractivity contribution in [2.45, 2.75) is 26.6 Å². The summed E-state index contributed by atoms with van der Waals surface area (Å²) in [6.45, 7) is 3.25. The lowest BCUT2D eigenvalue weighted by molar-refractivity contribution is 0.275. The number of halogens is 1. The van der Waals surface area contributed by atoms with Crippen LogP contribution < -0.4 is 5.32 Å². The molecule has 0 fully saturated rings. The summed E-state index contributed by atoms with van der Waals surface area (Å²) in [4.78, 5) is 0. The molecule has 0 aromatic heterocycles. The number of aliphatic hydroxyl groups excluding tert-OH is 1. The number of aryl methyl sites for hydroxylation is 1. The van der Waals surface area contributed by atoms with Crippen molar-refractivity contribution in [3.63, 3.8) is 0 Å². The highest BCUT2D eigenvalue weighted by atomic mass is 19.1. The second-order valence-corrected chi connectivity index (χ2v) is 4.61. The van der Waals surface area contributed by atoms with Crippen LogP contribution in [0.4, 0.5) is 4.39 Å². The average molecular weight is 259 g/mol. The van der Waals surface area contributed by atoms with E-state index in [9.17, 15) is 4.39 Å². The molecule has 0 atom stereocenters. The first-order chi connectivity index (χ1) is 9.20. The van der Waals surface area contributed by atoms with Crippen LogP contribution in [0.2, 0.25) is 0 Å². The second-order valence-electron chi connectivity index (χ2n) is 4.61. The van der Waals surface area contributed by atoms with Crippen LogP contribution in [-0.4, -0.2) is 5.11 Å². The molecule has 0 radical (unpaired) electrons. The zero-order chi connectivity index (χ0) is 13.7. The molecule has 2 N–H and O–H groups in total. The highest BCUT2D eigenvalue weighted by Crippen LogP contribution is 2.11. The number of hydrogen-bond acceptors (Lipinski definition) is 2. The van der Waals surface area contributed by atoms with Crippen LogP contribution in [0.5, 0.6) is 0 Å². The smallest absolute Gasteiger partial charge is 0.128 e. The number of nitrogens with one attached hydrogen (secondary N) is 1. The monoisotopic (exact) mass is 259 g/mol. The molecule has 2 rings (SSSR count). The fraction of sp³-hybridized carbons (Fsp3) is 0.250. The van der Waals surface area contributed by atoms with Gasteiger partial charge in [-0.15, -0.1) is 0 Å². The molecular formula is C16H18FNO. The van der Waals surface area contributed by atoms with Crippen LogP contribution >= 0.6 is 0 Å². The molecular weight excluding hydrogens is 241 g/mol. The average Bonchev–Trinajstić information content (AvgIpc) is 2.43. The van der Waals surface area contributed by atoms with Crippen molar-refractivity contribution in [1.29, 1.82) is 0 Å². The van der Waals surface area contributed by atoms with Gasteiger partial charge in [0.1, 0.15) is 5.82 Å². The molecule has 3 heteroatoms. The standard InChI is InChI=1S/C16H18FNO/c1-12-4-2-3-5-14(12)10-18-9-13-6-7-16(17)15(8-13)11-19/h2-8,18-19H,9-11H2,1H3. The predicted molar refractivity (Wildman–Crippen MR) is 74.0 cm³/mol. The van der Waals surface area contributed by atoms with Gasteiger partial charge < -0.3 is 10.4 Å². The number of benzene rings is 2. The summed E-state index contributed by atoms with van der Waals surface area (Å²) in [5, 5.41) is 12.3. The van der Waals surface area contributed by atoms with E-state index >= 15 is 0 Å². The molecule has 0 aliphatic rings. The Bertz CT molecular complexity index is 554. The van der Waals surface area contributed by atoms with Gasteiger partial charge in [-0.2, -0.15) is 0 Å². The first-order valence-corrected chi connectivity index (χ1v) is 6.34. The van der Waals surface area contributed by atoms with Crippen molar-refractivity contribution in [2.24, 2.45) is 0 Å². The van der Waals surface area contributed by atoms with Gasteiger partial charge in [0, 0.05) is 18.7 Å². The van der Waals surface area contributed by atoms with E-state index in [2.05, 4.69) is 24.4 Å². The highest BCUT2D eigenvalue weighted by molar-refractivity contribution is 5.26. The largest absolute Gasteiger partial charge is 0.392 e. The lowest BCUT2D eigenvalue weighted by Gasteiger charge is -2.09. The Morgan fingerprint density at radius 2 is 1.84 bits per heavy atom. The Balaban J connectivity index is 1.94. The Kier molecular flexibility index (Phi) is 4.66. The molecule has 0 saturated carbocycles. The van der Waals surface area contributed by atoms with Crippen LogP contribution in [0.1, 0.15) is 22.3 Å². The normalized spacial score (nSPS) is 10.7. The first kappa shape index (κ1) is 13.7. The van der Waals surface area contributed by atoms with Crippen molar-refractivity contribution in [3.8, 4) is 0 Å².